The van der Waals surface area contributed by atoms with Gasteiger partial charge >= 0.3 is 40.4 Å². The summed E-state index contributed by atoms with van der Waals surface area (Å²) in [6, 6.07) is 3.49. The normalized spacial score (nSPS) is 13.2. The Morgan fingerprint density at radius 2 is 1.41 bits per heavy atom. The molecule has 1 aliphatic rings. The lowest BCUT2D eigenvalue weighted by molar-refractivity contribution is -0.197. The second-order valence-corrected chi connectivity index (χ2v) is 16.0. The third kappa shape index (κ3) is 23.4. The van der Waals surface area contributed by atoms with Crippen LogP contribution in [0.15, 0.2) is 24.3 Å². The molecule has 0 aliphatic carbocycles. The number of nitrogens with two attached hydrogens (primary N) is 1. The van der Waals surface area contributed by atoms with E-state index in [0.29, 0.717) is 16.3 Å². The molecule has 0 spiro atoms. The molecule has 368 valence electrons. The average molecular weight is 958 g/mol. The number of benzene rings is 1. The van der Waals surface area contributed by atoms with Crippen LogP contribution in [0.2, 0.25) is 0 Å². The van der Waals surface area contributed by atoms with Crippen LogP contribution in [0.4, 0.5) is 20.1 Å². The largest absolute Gasteiger partial charge is 0.461 e. The fourth-order valence-electron chi connectivity index (χ4n) is 5.40. The number of imide groups is 1. The van der Waals surface area contributed by atoms with Gasteiger partial charge in [-0.15, -0.1) is 5.06 Å². The van der Waals surface area contributed by atoms with E-state index in [1.807, 2.05) is 0 Å². The summed E-state index contributed by atoms with van der Waals surface area (Å²) >= 11 is 0. The molecule has 1 aromatic carbocycles. The van der Waals surface area contributed by atoms with Crippen molar-refractivity contribution >= 4 is 75.6 Å². The molecular formula is C39H59N9O17S. The lowest BCUT2D eigenvalue weighted by Crippen LogP contribution is -2.54. The minimum Gasteiger partial charge on any atom is -0.461 e. The van der Waals surface area contributed by atoms with Crippen LogP contribution in [0.3, 0.4) is 0 Å². The van der Waals surface area contributed by atoms with Crippen molar-refractivity contribution in [1.82, 2.24) is 35.8 Å². The summed E-state index contributed by atoms with van der Waals surface area (Å²) in [6.45, 7) is 4.00. The van der Waals surface area contributed by atoms with Crippen LogP contribution in [0.25, 0.3) is 0 Å². The van der Waals surface area contributed by atoms with E-state index in [-0.39, 0.29) is 116 Å². The highest BCUT2D eigenvalue weighted by Crippen LogP contribution is 2.15. The van der Waals surface area contributed by atoms with Crippen molar-refractivity contribution in [3.8, 4) is 0 Å². The van der Waals surface area contributed by atoms with Gasteiger partial charge in [0.25, 0.3) is 11.8 Å². The Kier molecular flexibility index (Phi) is 25.0. The smallest absolute Gasteiger partial charge is 0.421 e. The zero-order valence-corrected chi connectivity index (χ0v) is 37.8. The van der Waals surface area contributed by atoms with Crippen molar-refractivity contribution in [2.45, 2.75) is 97.2 Å². The zero-order chi connectivity index (χ0) is 49.1. The zero-order valence-electron chi connectivity index (χ0n) is 36.9. The van der Waals surface area contributed by atoms with Gasteiger partial charge in [-0.25, -0.2) is 23.9 Å². The SMILES string of the molecule is CCC(=O)OCc1ccc(NC(=O)[C@@H](CCCNC(N)=O)NC(=O)[C@H](NC(=O)OCCOCCNS(=O)(=O)NC(=O)OCCCNC(=O)CCCC(=O)ON2C(=O)CCC2=O)C(C)C)cc1. The fraction of sp³-hybridized carbons (Fsp3) is 0.590. The summed E-state index contributed by atoms with van der Waals surface area (Å²) in [6.07, 6.45) is -1.86. The second-order valence-electron chi connectivity index (χ2n) is 14.5. The number of carbonyl (C=O) groups excluding carboxylic acids is 10. The van der Waals surface area contributed by atoms with Crippen molar-refractivity contribution < 1.29 is 80.1 Å². The molecule has 1 aromatic rings. The molecule has 0 radical (unpaired) electrons. The predicted octanol–water partition coefficient (Wildman–Crippen LogP) is -0.377. The quantitative estimate of drug-likeness (QED) is 0.0211. The molecule has 9 N–H and O–H groups in total. The predicted molar refractivity (Wildman–Crippen MR) is 228 cm³/mol. The molecule has 66 heavy (non-hydrogen) atoms. The Morgan fingerprint density at radius 3 is 2.06 bits per heavy atom. The number of amides is 9. The van der Waals surface area contributed by atoms with E-state index in [1.165, 1.54) is 0 Å². The topological polar surface area (TPSA) is 364 Å². The van der Waals surface area contributed by atoms with Gasteiger partial charge in [-0.3, -0.25) is 28.8 Å². The summed E-state index contributed by atoms with van der Waals surface area (Å²) in [5.41, 5.74) is 6.20. The highest BCUT2D eigenvalue weighted by molar-refractivity contribution is 7.88. The van der Waals surface area contributed by atoms with Crippen molar-refractivity contribution in [3.05, 3.63) is 29.8 Å². The monoisotopic (exact) mass is 957 g/mol. The summed E-state index contributed by atoms with van der Waals surface area (Å²) in [5, 5.41) is 13.1. The van der Waals surface area contributed by atoms with E-state index in [0.717, 1.165) is 0 Å². The number of nitrogens with zero attached hydrogens (tertiary/aromatic N) is 1. The van der Waals surface area contributed by atoms with Crippen LogP contribution in [0.1, 0.15) is 84.1 Å². The van der Waals surface area contributed by atoms with Gasteiger partial charge in [-0.05, 0) is 49.3 Å². The minimum atomic E-state index is -4.35. The summed E-state index contributed by atoms with van der Waals surface area (Å²) in [7, 11) is -4.35. The molecule has 2 rings (SSSR count). The van der Waals surface area contributed by atoms with Gasteiger partial charge in [-0.1, -0.05) is 32.9 Å². The number of primary amides is 1. The Morgan fingerprint density at radius 1 is 0.742 bits per heavy atom. The first kappa shape index (κ1) is 55.5. The molecule has 0 bridgehead atoms. The number of alkyl carbamates (subject to hydrolysis) is 1. The van der Waals surface area contributed by atoms with E-state index < -0.39 is 81.9 Å². The van der Waals surface area contributed by atoms with Crippen LogP contribution < -0.4 is 41.8 Å². The van der Waals surface area contributed by atoms with Crippen molar-refractivity contribution in [3.63, 3.8) is 0 Å². The molecule has 1 heterocycles. The first-order chi connectivity index (χ1) is 31.3. The van der Waals surface area contributed by atoms with Gasteiger partial charge < -0.3 is 56.1 Å². The number of carbonyl (C=O) groups is 10. The van der Waals surface area contributed by atoms with Crippen LogP contribution >= 0.6 is 0 Å². The summed E-state index contributed by atoms with van der Waals surface area (Å²) in [5.74, 6) is -4.61. The van der Waals surface area contributed by atoms with E-state index in [1.54, 1.807) is 49.8 Å². The fourth-order valence-corrected chi connectivity index (χ4v) is 6.10. The lowest BCUT2D eigenvalue weighted by atomic mass is 10.0. The van der Waals surface area contributed by atoms with Gasteiger partial charge in [-0.2, -0.15) is 13.1 Å². The number of rotatable bonds is 30. The van der Waals surface area contributed by atoms with E-state index in [9.17, 15) is 56.4 Å². The minimum absolute atomic E-state index is 0.0407. The van der Waals surface area contributed by atoms with Crippen LogP contribution in [0, 0.1) is 5.92 Å². The summed E-state index contributed by atoms with van der Waals surface area (Å²) < 4.78 is 48.2. The van der Waals surface area contributed by atoms with Gasteiger partial charge in [0.2, 0.25) is 17.7 Å². The number of hydrogen-bond acceptors (Lipinski definition) is 17. The van der Waals surface area contributed by atoms with Crippen molar-refractivity contribution in [2.75, 3.05) is 51.4 Å². The van der Waals surface area contributed by atoms with Crippen molar-refractivity contribution in [2.24, 2.45) is 11.7 Å². The molecule has 0 saturated carbocycles. The molecule has 1 fully saturated rings. The van der Waals surface area contributed by atoms with Gasteiger partial charge in [0.1, 0.15) is 25.3 Å². The number of hydroxylamine groups is 2. The van der Waals surface area contributed by atoms with Gasteiger partial charge in [0.05, 0.1) is 19.8 Å². The van der Waals surface area contributed by atoms with Crippen LogP contribution in [-0.2, 0) is 74.2 Å². The van der Waals surface area contributed by atoms with Crippen LogP contribution in [0.5, 0.6) is 0 Å². The molecular weight excluding hydrogens is 899 g/mol. The third-order valence-electron chi connectivity index (χ3n) is 8.81. The van der Waals surface area contributed by atoms with E-state index in [2.05, 4.69) is 31.3 Å². The van der Waals surface area contributed by atoms with Gasteiger partial charge in [0.15, 0.2) is 0 Å². The molecule has 2 atom stereocenters. The maximum atomic E-state index is 13.4. The van der Waals surface area contributed by atoms with E-state index >= 15 is 0 Å². The van der Waals surface area contributed by atoms with Crippen LogP contribution in [-0.4, -0.2) is 131 Å². The first-order valence-corrected chi connectivity index (χ1v) is 22.5. The maximum Gasteiger partial charge on any atom is 0.421 e. The number of nitrogens with one attached hydrogen (secondary N) is 7. The third-order valence-corrected chi connectivity index (χ3v) is 9.83. The molecule has 1 aliphatic heterocycles. The van der Waals surface area contributed by atoms with Gasteiger partial charge in [0, 0.05) is 57.4 Å². The molecule has 0 aromatic heterocycles. The lowest BCUT2D eigenvalue weighted by Gasteiger charge is -2.25. The Balaban J connectivity index is 1.66. The Hall–Kier alpha value is -6.61. The number of urea groups is 1. The Bertz CT molecular complexity index is 1940. The second kappa shape index (κ2) is 29.8. The maximum absolute atomic E-state index is 13.4. The van der Waals surface area contributed by atoms with Crippen molar-refractivity contribution in [1.29, 1.82) is 0 Å². The molecule has 0 unspecified atom stereocenters. The number of hydrogen-bond donors (Lipinski definition) is 8. The molecule has 9 amide bonds. The summed E-state index contributed by atoms with van der Waals surface area (Å²) in [4.78, 5) is 125. The number of esters is 1. The first-order valence-electron chi connectivity index (χ1n) is 21.0. The average Bonchev–Trinajstić information content (AvgIpc) is 3.57. The molecule has 26 nitrogen and oxygen atoms in total. The number of anilines is 1. The molecule has 27 heteroatoms. The highest BCUT2D eigenvalue weighted by atomic mass is 32.2. The standard InChI is InChI=1S/C39H59N9O17S/c1-4-32(52)64-24-26-11-13-27(14-12-26)44-35(54)28(8-6-17-42-37(40)56)45-36(55)34(25(2)3)46-38(57)63-23-22-61-21-19-43-66(59,60)47-39(58)62-20-7-18-41-29(49)9-5-10-33(53)65-48-30(50)15-16-31(48)51/h11-14,25,28,34,43H,4-10,15-24H2,1-3H3,(H,41,49)(H,44,54)(H,45,55)(H,46,57)(H,47,58)(H3,40,42,56)/t28-,34-/m1/s1. The molecule has 1 saturated heterocycles. The van der Waals surface area contributed by atoms with E-state index in [4.69, 9.17) is 29.5 Å². The Labute approximate surface area is 380 Å². The number of ether oxygens (including phenoxy) is 4. The highest BCUT2D eigenvalue weighted by Gasteiger charge is 2.33.